The lowest BCUT2D eigenvalue weighted by molar-refractivity contribution is -0.172. The molecule has 9 heteroatoms. The molecule has 1 N–H and O–H groups in total. The molecule has 4 heterocycles. The minimum absolute atomic E-state index is 0.137. The van der Waals surface area contributed by atoms with E-state index in [1.54, 1.807) is 30.3 Å². The number of methoxy groups -OCH3 is 1. The quantitative estimate of drug-likeness (QED) is 0.641. The number of furan rings is 1. The zero-order valence-electron chi connectivity index (χ0n) is 18.4. The van der Waals surface area contributed by atoms with E-state index < -0.39 is 11.7 Å². The standard InChI is InChI=1S/C24H26N4O5/c1-31-18-5-2-4-17(14-18)15-26-21(29)20-16-28-12-9-25-23(28)24(33-20)7-10-27(11-8-24)22(30)19-6-3-13-32-19/h2-6,9,12-14,20H,7-8,10-11,15-16H2,1H3,(H,26,29)/t20-/m0/s1. The fourth-order valence-electron chi connectivity index (χ4n) is 4.59. The number of carbonyl (C=O) groups is 2. The van der Waals surface area contributed by atoms with Crippen LogP contribution in [0, 0.1) is 0 Å². The summed E-state index contributed by atoms with van der Waals surface area (Å²) in [6.45, 7) is 1.76. The van der Waals surface area contributed by atoms with E-state index in [2.05, 4.69) is 10.3 Å². The van der Waals surface area contributed by atoms with Gasteiger partial charge < -0.3 is 28.7 Å². The first-order valence-corrected chi connectivity index (χ1v) is 11.0. The number of likely N-dealkylation sites (tertiary alicyclic amines) is 1. The molecule has 172 valence electrons. The van der Waals surface area contributed by atoms with Crippen LogP contribution in [0.1, 0.15) is 34.8 Å². The molecule has 1 fully saturated rings. The Labute approximate surface area is 191 Å². The van der Waals surface area contributed by atoms with E-state index in [0.29, 0.717) is 44.8 Å². The van der Waals surface area contributed by atoms with Gasteiger partial charge in [0.1, 0.15) is 17.2 Å². The lowest BCUT2D eigenvalue weighted by Gasteiger charge is -2.45. The smallest absolute Gasteiger partial charge is 0.289 e. The maximum atomic E-state index is 13.0. The van der Waals surface area contributed by atoms with Gasteiger partial charge in [0, 0.05) is 44.9 Å². The predicted molar refractivity (Wildman–Crippen MR) is 117 cm³/mol. The number of imidazole rings is 1. The van der Waals surface area contributed by atoms with Gasteiger partial charge in [0.15, 0.2) is 11.9 Å². The molecule has 9 nitrogen and oxygen atoms in total. The number of rotatable bonds is 5. The Kier molecular flexibility index (Phi) is 5.63. The molecule has 5 rings (SSSR count). The first-order valence-electron chi connectivity index (χ1n) is 11.0. The van der Waals surface area contributed by atoms with Crippen LogP contribution in [0.15, 0.2) is 59.5 Å². The van der Waals surface area contributed by atoms with E-state index in [4.69, 9.17) is 13.9 Å². The van der Waals surface area contributed by atoms with Crippen molar-refractivity contribution in [3.63, 3.8) is 0 Å². The zero-order valence-corrected chi connectivity index (χ0v) is 18.4. The van der Waals surface area contributed by atoms with Crippen molar-refractivity contribution in [2.45, 2.75) is 37.6 Å². The third-order valence-corrected chi connectivity index (χ3v) is 6.34. The monoisotopic (exact) mass is 450 g/mol. The molecular weight excluding hydrogens is 424 g/mol. The molecule has 1 spiro atoms. The largest absolute Gasteiger partial charge is 0.497 e. The fraction of sp³-hybridized carbons (Fsp3) is 0.375. The molecule has 3 aromatic rings. The second-order valence-electron chi connectivity index (χ2n) is 8.34. The van der Waals surface area contributed by atoms with Crippen LogP contribution in [-0.2, 0) is 28.2 Å². The van der Waals surface area contributed by atoms with Crippen molar-refractivity contribution in [3.8, 4) is 5.75 Å². The molecule has 0 aliphatic carbocycles. The highest BCUT2D eigenvalue weighted by molar-refractivity contribution is 5.91. The van der Waals surface area contributed by atoms with Gasteiger partial charge in [-0.05, 0) is 29.8 Å². The van der Waals surface area contributed by atoms with Gasteiger partial charge in [0.05, 0.1) is 19.9 Å². The predicted octanol–water partition coefficient (Wildman–Crippen LogP) is 2.33. The van der Waals surface area contributed by atoms with Crippen LogP contribution < -0.4 is 10.1 Å². The number of nitrogens with zero attached hydrogens (tertiary/aromatic N) is 3. The van der Waals surface area contributed by atoms with Crippen molar-refractivity contribution < 1.29 is 23.5 Å². The van der Waals surface area contributed by atoms with Gasteiger partial charge in [-0.3, -0.25) is 9.59 Å². The summed E-state index contributed by atoms with van der Waals surface area (Å²) < 4.78 is 18.9. The molecule has 1 saturated heterocycles. The average Bonchev–Trinajstić information content (AvgIpc) is 3.55. The SMILES string of the molecule is COc1cccc(CNC(=O)[C@@H]2Cn3ccnc3C3(CCN(C(=O)c4ccco4)CC3)O2)c1. The van der Waals surface area contributed by atoms with E-state index in [1.807, 2.05) is 35.0 Å². The summed E-state index contributed by atoms with van der Waals surface area (Å²) in [7, 11) is 1.61. The van der Waals surface area contributed by atoms with E-state index >= 15 is 0 Å². The highest BCUT2D eigenvalue weighted by atomic mass is 16.5. The topological polar surface area (TPSA) is 98.8 Å². The van der Waals surface area contributed by atoms with Gasteiger partial charge in [-0.2, -0.15) is 0 Å². The molecule has 0 bridgehead atoms. The van der Waals surface area contributed by atoms with Crippen LogP contribution in [0.2, 0.25) is 0 Å². The summed E-state index contributed by atoms with van der Waals surface area (Å²) >= 11 is 0. The third kappa shape index (κ3) is 4.11. The molecule has 0 radical (unpaired) electrons. The lowest BCUT2D eigenvalue weighted by atomic mass is 9.88. The second-order valence-corrected chi connectivity index (χ2v) is 8.34. The number of benzene rings is 1. The van der Waals surface area contributed by atoms with Gasteiger partial charge in [0.2, 0.25) is 0 Å². The normalized spacial score (nSPS) is 19.2. The Balaban J connectivity index is 1.27. The number of hydrogen-bond acceptors (Lipinski definition) is 6. The summed E-state index contributed by atoms with van der Waals surface area (Å²) in [5.41, 5.74) is 0.237. The fourth-order valence-corrected chi connectivity index (χ4v) is 4.59. The Morgan fingerprint density at radius 3 is 2.85 bits per heavy atom. The Hall–Kier alpha value is -3.59. The maximum Gasteiger partial charge on any atom is 0.289 e. The third-order valence-electron chi connectivity index (χ3n) is 6.34. The van der Waals surface area contributed by atoms with Gasteiger partial charge in [-0.1, -0.05) is 12.1 Å². The summed E-state index contributed by atoms with van der Waals surface area (Å²) in [4.78, 5) is 32.0. The first kappa shape index (κ1) is 21.3. The van der Waals surface area contributed by atoms with Crippen LogP contribution in [0.3, 0.4) is 0 Å². The number of aromatic nitrogens is 2. The number of fused-ring (bicyclic) bond motifs is 2. The second kappa shape index (κ2) is 8.74. The van der Waals surface area contributed by atoms with Crippen LogP contribution in [-0.4, -0.2) is 52.6 Å². The first-order chi connectivity index (χ1) is 16.1. The van der Waals surface area contributed by atoms with Crippen LogP contribution in [0.25, 0.3) is 0 Å². The molecule has 2 amide bonds. The molecule has 1 atom stereocenters. The van der Waals surface area contributed by atoms with Crippen molar-refractivity contribution in [3.05, 3.63) is 72.2 Å². The molecule has 1 aromatic carbocycles. The Bertz CT molecular complexity index is 1130. The minimum Gasteiger partial charge on any atom is -0.497 e. The highest BCUT2D eigenvalue weighted by Crippen LogP contribution is 2.40. The highest BCUT2D eigenvalue weighted by Gasteiger charge is 2.47. The summed E-state index contributed by atoms with van der Waals surface area (Å²) in [6, 6.07) is 11.0. The number of amides is 2. The van der Waals surface area contributed by atoms with Crippen LogP contribution in [0.5, 0.6) is 5.75 Å². The van der Waals surface area contributed by atoms with Crippen LogP contribution in [0.4, 0.5) is 0 Å². The molecule has 2 aliphatic heterocycles. The molecule has 33 heavy (non-hydrogen) atoms. The number of carbonyl (C=O) groups excluding carboxylic acids is 2. The molecule has 0 unspecified atom stereocenters. The van der Waals surface area contributed by atoms with Crippen molar-refractivity contribution >= 4 is 11.8 Å². The van der Waals surface area contributed by atoms with E-state index in [-0.39, 0.29) is 11.8 Å². The lowest BCUT2D eigenvalue weighted by Crippen LogP contribution is -2.54. The summed E-state index contributed by atoms with van der Waals surface area (Å²) in [5, 5.41) is 2.98. The number of ether oxygens (including phenoxy) is 2. The van der Waals surface area contributed by atoms with Crippen molar-refractivity contribution in [1.29, 1.82) is 0 Å². The molecule has 2 aliphatic rings. The zero-order chi connectivity index (χ0) is 22.8. The van der Waals surface area contributed by atoms with Crippen molar-refractivity contribution in [2.75, 3.05) is 20.2 Å². The number of hydrogen-bond donors (Lipinski definition) is 1. The Morgan fingerprint density at radius 2 is 2.09 bits per heavy atom. The Morgan fingerprint density at radius 1 is 1.24 bits per heavy atom. The van der Waals surface area contributed by atoms with Gasteiger partial charge in [0.25, 0.3) is 11.8 Å². The summed E-state index contributed by atoms with van der Waals surface area (Å²) in [5.74, 6) is 1.57. The van der Waals surface area contributed by atoms with Crippen molar-refractivity contribution in [1.82, 2.24) is 19.8 Å². The maximum absolute atomic E-state index is 13.0. The van der Waals surface area contributed by atoms with Crippen molar-refractivity contribution in [2.24, 2.45) is 0 Å². The van der Waals surface area contributed by atoms with Gasteiger partial charge >= 0.3 is 0 Å². The molecule has 2 aromatic heterocycles. The van der Waals surface area contributed by atoms with E-state index in [1.165, 1.54) is 6.26 Å². The molecular formula is C24H26N4O5. The van der Waals surface area contributed by atoms with Gasteiger partial charge in [-0.25, -0.2) is 4.98 Å². The molecule has 0 saturated carbocycles. The summed E-state index contributed by atoms with van der Waals surface area (Å²) in [6.07, 6.45) is 5.56. The number of piperidine rings is 1. The van der Waals surface area contributed by atoms with Gasteiger partial charge in [-0.15, -0.1) is 0 Å². The minimum atomic E-state index is -0.709. The van der Waals surface area contributed by atoms with E-state index in [0.717, 1.165) is 17.1 Å². The van der Waals surface area contributed by atoms with Crippen LogP contribution >= 0.6 is 0 Å². The van der Waals surface area contributed by atoms with E-state index in [9.17, 15) is 9.59 Å². The average molecular weight is 450 g/mol. The number of nitrogens with one attached hydrogen (secondary N) is 1.